The van der Waals surface area contributed by atoms with Gasteiger partial charge in [-0.15, -0.1) is 0 Å². The van der Waals surface area contributed by atoms with E-state index in [9.17, 15) is 48.3 Å². The van der Waals surface area contributed by atoms with Gasteiger partial charge in [0.1, 0.15) is 12.4 Å². The largest absolute Gasteiger partial charge is 0.494 e. The van der Waals surface area contributed by atoms with Gasteiger partial charge in [0, 0.05) is 12.0 Å². The van der Waals surface area contributed by atoms with Crippen LogP contribution in [0.15, 0.2) is 36.7 Å². The van der Waals surface area contributed by atoms with E-state index in [2.05, 4.69) is 26.4 Å². The molecule has 7 nitrogen and oxygen atoms in total. The highest BCUT2D eigenvalue weighted by atomic mass is 19.4. The number of unbranched alkanes of at least 4 members (excludes halogenated alkanes) is 4. The highest BCUT2D eigenvalue weighted by Crippen LogP contribution is 2.47. The van der Waals surface area contributed by atoms with Gasteiger partial charge in [-0.3, -0.25) is 0 Å². The minimum Gasteiger partial charge on any atom is -0.494 e. The number of benzene rings is 1. The maximum absolute atomic E-state index is 13.5. The molecule has 250 valence electrons. The third-order valence-corrected chi connectivity index (χ3v) is 5.43. The first-order valence-corrected chi connectivity index (χ1v) is 13.1. The Morgan fingerprint density at radius 1 is 0.591 bits per heavy atom. The van der Waals surface area contributed by atoms with Crippen LogP contribution in [0.3, 0.4) is 0 Å². The van der Waals surface area contributed by atoms with E-state index in [0.29, 0.717) is 29.5 Å². The monoisotopic (exact) mass is 658 g/mol. The zero-order chi connectivity index (χ0) is 33.1. The molecule has 0 saturated carbocycles. The topological polar surface area (TPSA) is 71.9 Å². The van der Waals surface area contributed by atoms with Crippen LogP contribution in [0.25, 0.3) is 11.4 Å². The van der Waals surface area contributed by atoms with Crippen LogP contribution in [-0.2, 0) is 14.2 Å². The second kappa shape index (κ2) is 15.8. The minimum atomic E-state index is -6.84. The number of hydrogen-bond donors (Lipinski definition) is 0. The van der Waals surface area contributed by atoms with Crippen LogP contribution >= 0.6 is 0 Å². The van der Waals surface area contributed by atoms with Crippen molar-refractivity contribution in [1.29, 1.82) is 0 Å². The second-order valence-electron chi connectivity index (χ2n) is 9.17. The normalized spacial score (nSPS) is 13.3. The lowest BCUT2D eigenvalue weighted by Gasteiger charge is -2.31. The third-order valence-electron chi connectivity index (χ3n) is 5.43. The first-order chi connectivity index (χ1) is 20.4. The fraction of sp³-hybridized carbons (Fsp3) is 0.615. The quantitative estimate of drug-likeness (QED) is 0.105. The summed E-state index contributed by atoms with van der Waals surface area (Å²) < 4.78 is 161. The summed E-state index contributed by atoms with van der Waals surface area (Å²) in [6.07, 6.45) is -23.8. The van der Waals surface area contributed by atoms with E-state index in [1.807, 2.05) is 0 Å². The van der Waals surface area contributed by atoms with E-state index in [4.69, 9.17) is 9.47 Å². The van der Waals surface area contributed by atoms with E-state index in [1.54, 1.807) is 41.4 Å². The zero-order valence-corrected chi connectivity index (χ0v) is 23.1. The predicted octanol–water partition coefficient (Wildman–Crippen LogP) is 8.25. The van der Waals surface area contributed by atoms with Crippen molar-refractivity contribution in [1.82, 2.24) is 9.97 Å². The van der Waals surface area contributed by atoms with Gasteiger partial charge in [0.2, 0.25) is 0 Å². The SMILES string of the molecule is CCCCCCCOc1cnc(-c2ccc(OCCCOCC(F)(F)OC(F)(F)C(F)(F)OC(F)(F)C(F)(F)F)cc2)nc1. The molecule has 0 amide bonds. The second-order valence-corrected chi connectivity index (χ2v) is 9.17. The summed E-state index contributed by atoms with van der Waals surface area (Å²) in [5.41, 5.74) is 0.643. The Labute approximate surface area is 244 Å². The molecule has 0 atom stereocenters. The summed E-state index contributed by atoms with van der Waals surface area (Å²) in [6.45, 7) is -0.118. The van der Waals surface area contributed by atoms with Crippen molar-refractivity contribution in [2.45, 2.75) is 76.1 Å². The van der Waals surface area contributed by atoms with Crippen molar-refractivity contribution in [3.63, 3.8) is 0 Å². The van der Waals surface area contributed by atoms with Gasteiger partial charge in [0.15, 0.2) is 11.6 Å². The molecule has 2 aromatic rings. The summed E-state index contributed by atoms with van der Waals surface area (Å²) in [5, 5.41) is 0. The smallest absolute Gasteiger partial charge is 0.483 e. The van der Waals surface area contributed by atoms with Crippen LogP contribution < -0.4 is 9.47 Å². The Kier molecular flexibility index (Phi) is 13.4. The van der Waals surface area contributed by atoms with E-state index in [-0.39, 0.29) is 13.0 Å². The Hall–Kier alpha value is -2.99. The van der Waals surface area contributed by atoms with Crippen LogP contribution in [-0.4, -0.2) is 67.0 Å². The standard InChI is InChI=1S/C26H29F11N2O5/c1-2-3-4-5-6-13-42-20-15-38-21(39-16-20)18-8-10-19(11-9-18)41-14-7-12-40-17-22(27,28)43-25(34,35)26(36,37)44-24(32,33)23(29,30)31/h8-11,15-16H,2-7,12-14,17H2,1H3. The zero-order valence-electron chi connectivity index (χ0n) is 23.1. The molecule has 18 heteroatoms. The minimum absolute atomic E-state index is 0.117. The van der Waals surface area contributed by atoms with Gasteiger partial charge in [0.25, 0.3) is 0 Å². The molecule has 0 unspecified atom stereocenters. The molecular formula is C26H29F11N2O5. The van der Waals surface area contributed by atoms with Crippen LogP contribution in [0, 0.1) is 0 Å². The highest BCUT2D eigenvalue weighted by molar-refractivity contribution is 5.56. The molecule has 0 saturated heterocycles. The van der Waals surface area contributed by atoms with E-state index < -0.39 is 43.8 Å². The predicted molar refractivity (Wildman–Crippen MR) is 131 cm³/mol. The lowest BCUT2D eigenvalue weighted by molar-refractivity contribution is -0.537. The number of nitrogens with zero attached hydrogens (tertiary/aromatic N) is 2. The molecule has 0 N–H and O–H groups in total. The average Bonchev–Trinajstić information content (AvgIpc) is 2.91. The fourth-order valence-electron chi connectivity index (χ4n) is 3.23. The van der Waals surface area contributed by atoms with E-state index in [1.165, 1.54) is 6.42 Å². The van der Waals surface area contributed by atoms with Crippen LogP contribution in [0.1, 0.15) is 45.4 Å². The van der Waals surface area contributed by atoms with Crippen molar-refractivity contribution in [2.24, 2.45) is 0 Å². The molecule has 44 heavy (non-hydrogen) atoms. The lowest BCUT2D eigenvalue weighted by Crippen LogP contribution is -2.55. The number of alkyl halides is 11. The molecule has 1 heterocycles. The van der Waals surface area contributed by atoms with Gasteiger partial charge in [-0.25, -0.2) is 19.4 Å². The highest BCUT2D eigenvalue weighted by Gasteiger charge is 2.72. The van der Waals surface area contributed by atoms with Gasteiger partial charge in [0.05, 0.1) is 32.2 Å². The molecule has 0 aliphatic rings. The van der Waals surface area contributed by atoms with Gasteiger partial charge >= 0.3 is 30.6 Å². The van der Waals surface area contributed by atoms with Crippen molar-refractivity contribution < 1.29 is 72.0 Å². The third kappa shape index (κ3) is 11.8. The number of ether oxygens (including phenoxy) is 5. The molecule has 0 aliphatic heterocycles. The van der Waals surface area contributed by atoms with Crippen LogP contribution in [0.4, 0.5) is 48.3 Å². The van der Waals surface area contributed by atoms with E-state index in [0.717, 1.165) is 25.7 Å². The van der Waals surface area contributed by atoms with Crippen LogP contribution in [0.2, 0.25) is 0 Å². The summed E-state index contributed by atoms with van der Waals surface area (Å²) in [4.78, 5) is 8.49. The molecule has 0 aliphatic carbocycles. The summed E-state index contributed by atoms with van der Waals surface area (Å²) >= 11 is 0. The molecule has 1 aromatic heterocycles. The summed E-state index contributed by atoms with van der Waals surface area (Å²) in [5.74, 6) is 1.28. The fourth-order valence-corrected chi connectivity index (χ4v) is 3.23. The van der Waals surface area contributed by atoms with Gasteiger partial charge in [-0.05, 0) is 30.7 Å². The Morgan fingerprint density at radius 2 is 1.14 bits per heavy atom. The van der Waals surface area contributed by atoms with Crippen molar-refractivity contribution >= 4 is 0 Å². The van der Waals surface area contributed by atoms with Crippen molar-refractivity contribution in [3.8, 4) is 22.9 Å². The molecule has 0 radical (unpaired) electrons. The lowest BCUT2D eigenvalue weighted by atomic mass is 10.2. The number of rotatable bonds is 20. The van der Waals surface area contributed by atoms with Crippen molar-refractivity contribution in [2.75, 3.05) is 26.4 Å². The average molecular weight is 659 g/mol. The summed E-state index contributed by atoms with van der Waals surface area (Å²) in [7, 11) is 0. The van der Waals surface area contributed by atoms with Gasteiger partial charge < -0.3 is 14.2 Å². The van der Waals surface area contributed by atoms with Gasteiger partial charge in [-0.2, -0.15) is 48.3 Å². The maximum atomic E-state index is 13.5. The molecule has 0 fully saturated rings. The maximum Gasteiger partial charge on any atom is 0.483 e. The molecule has 2 rings (SSSR count). The first kappa shape index (κ1) is 37.2. The summed E-state index contributed by atoms with van der Waals surface area (Å²) in [6, 6.07) is 6.37. The number of aromatic nitrogens is 2. The Bertz CT molecular complexity index is 1120. The number of halogens is 11. The first-order valence-electron chi connectivity index (χ1n) is 13.1. The van der Waals surface area contributed by atoms with Gasteiger partial charge in [-0.1, -0.05) is 32.6 Å². The molecular weight excluding hydrogens is 629 g/mol. The number of hydrogen-bond acceptors (Lipinski definition) is 7. The van der Waals surface area contributed by atoms with E-state index >= 15 is 0 Å². The molecule has 1 aromatic carbocycles. The van der Waals surface area contributed by atoms with Crippen LogP contribution in [0.5, 0.6) is 11.5 Å². The molecule has 0 bridgehead atoms. The Morgan fingerprint density at radius 3 is 1.73 bits per heavy atom. The van der Waals surface area contributed by atoms with Crippen molar-refractivity contribution in [3.05, 3.63) is 36.7 Å². The Balaban J connectivity index is 1.72. The molecule has 0 spiro atoms.